The fraction of sp³-hybridized carbons (Fsp3) is 0.600. The Morgan fingerprint density at radius 1 is 1.22 bits per heavy atom. The van der Waals surface area contributed by atoms with Gasteiger partial charge in [-0.2, -0.15) is 0 Å². The zero-order valence-corrected chi connectivity index (χ0v) is 14.3. The van der Waals surface area contributed by atoms with E-state index in [4.69, 9.17) is 0 Å². The lowest BCUT2D eigenvalue weighted by Gasteiger charge is -2.20. The van der Waals surface area contributed by atoms with Crippen molar-refractivity contribution in [1.29, 1.82) is 0 Å². The Balaban J connectivity index is 2.65. The Hall–Kier alpha value is 0.140. The van der Waals surface area contributed by atoms with Gasteiger partial charge in [-0.3, -0.25) is 0 Å². The molecule has 0 radical (unpaired) electrons. The standard InChI is InChI=1S/C15H22Br2O/c1-3-5-6-11(4-2)9-15(18)13-8-7-12(16)10-14(13)17/h7-8,10-11,15,18H,3-6,9H2,1-2H3. The highest BCUT2D eigenvalue weighted by atomic mass is 79.9. The molecule has 1 rings (SSSR count). The topological polar surface area (TPSA) is 20.2 Å². The molecular formula is C15H22Br2O. The van der Waals surface area contributed by atoms with Crippen LogP contribution in [0.3, 0.4) is 0 Å². The summed E-state index contributed by atoms with van der Waals surface area (Å²) in [5.74, 6) is 0.621. The molecular weight excluding hydrogens is 356 g/mol. The monoisotopic (exact) mass is 376 g/mol. The molecule has 0 bridgehead atoms. The number of halogens is 2. The largest absolute Gasteiger partial charge is 0.388 e. The molecule has 0 saturated carbocycles. The highest BCUT2D eigenvalue weighted by Gasteiger charge is 2.16. The van der Waals surface area contributed by atoms with Crippen LogP contribution in [0.2, 0.25) is 0 Å². The second-order valence-corrected chi connectivity index (χ2v) is 6.60. The Kier molecular flexibility index (Phi) is 7.50. The van der Waals surface area contributed by atoms with Gasteiger partial charge in [0.2, 0.25) is 0 Å². The van der Waals surface area contributed by atoms with Crippen molar-refractivity contribution in [3.8, 4) is 0 Å². The minimum atomic E-state index is -0.366. The van der Waals surface area contributed by atoms with E-state index in [1.807, 2.05) is 18.2 Å². The van der Waals surface area contributed by atoms with Crippen LogP contribution in [-0.4, -0.2) is 5.11 Å². The smallest absolute Gasteiger partial charge is 0.0803 e. The van der Waals surface area contributed by atoms with Crippen LogP contribution < -0.4 is 0 Å². The van der Waals surface area contributed by atoms with E-state index >= 15 is 0 Å². The van der Waals surface area contributed by atoms with Gasteiger partial charge in [0.05, 0.1) is 6.10 Å². The Morgan fingerprint density at radius 3 is 2.50 bits per heavy atom. The number of aliphatic hydroxyl groups excluding tert-OH is 1. The molecule has 2 atom stereocenters. The van der Waals surface area contributed by atoms with Gasteiger partial charge in [0, 0.05) is 8.95 Å². The molecule has 0 heterocycles. The summed E-state index contributed by atoms with van der Waals surface area (Å²) in [6.45, 7) is 4.43. The molecule has 1 aromatic rings. The second-order valence-electron chi connectivity index (χ2n) is 4.83. The molecule has 18 heavy (non-hydrogen) atoms. The van der Waals surface area contributed by atoms with E-state index in [0.717, 1.165) is 27.4 Å². The van der Waals surface area contributed by atoms with Crippen molar-refractivity contribution in [2.75, 3.05) is 0 Å². The van der Waals surface area contributed by atoms with E-state index in [-0.39, 0.29) is 6.10 Å². The van der Waals surface area contributed by atoms with Crippen LogP contribution in [0.4, 0.5) is 0 Å². The fourth-order valence-corrected chi connectivity index (χ4v) is 3.51. The summed E-state index contributed by atoms with van der Waals surface area (Å²) in [5.41, 5.74) is 0.994. The maximum Gasteiger partial charge on any atom is 0.0803 e. The van der Waals surface area contributed by atoms with Crippen molar-refractivity contribution in [3.63, 3.8) is 0 Å². The molecule has 0 aliphatic rings. The van der Waals surface area contributed by atoms with Gasteiger partial charge >= 0.3 is 0 Å². The third kappa shape index (κ3) is 5.02. The summed E-state index contributed by atoms with van der Waals surface area (Å²) in [6.07, 6.45) is 5.34. The minimum absolute atomic E-state index is 0.366. The summed E-state index contributed by atoms with van der Waals surface area (Å²) in [7, 11) is 0. The van der Waals surface area contributed by atoms with Gasteiger partial charge in [-0.1, -0.05) is 77.5 Å². The van der Waals surface area contributed by atoms with Crippen molar-refractivity contribution < 1.29 is 5.11 Å². The zero-order chi connectivity index (χ0) is 13.5. The summed E-state index contributed by atoms with van der Waals surface area (Å²) in [5, 5.41) is 10.3. The van der Waals surface area contributed by atoms with Gasteiger partial charge in [-0.15, -0.1) is 0 Å². The number of unbranched alkanes of at least 4 members (excludes halogenated alkanes) is 1. The van der Waals surface area contributed by atoms with Gasteiger partial charge in [0.25, 0.3) is 0 Å². The van der Waals surface area contributed by atoms with Crippen molar-refractivity contribution in [1.82, 2.24) is 0 Å². The molecule has 1 aromatic carbocycles. The molecule has 0 aliphatic heterocycles. The average molecular weight is 378 g/mol. The molecule has 102 valence electrons. The lowest BCUT2D eigenvalue weighted by molar-refractivity contribution is 0.138. The normalized spacial score (nSPS) is 14.5. The molecule has 0 aliphatic carbocycles. The first-order valence-corrected chi connectivity index (χ1v) is 8.30. The van der Waals surface area contributed by atoms with Gasteiger partial charge in [-0.05, 0) is 30.0 Å². The van der Waals surface area contributed by atoms with E-state index in [1.165, 1.54) is 19.3 Å². The fourth-order valence-electron chi connectivity index (χ4n) is 2.20. The molecule has 0 aromatic heterocycles. The third-order valence-corrected chi connectivity index (χ3v) is 4.60. The summed E-state index contributed by atoms with van der Waals surface area (Å²) >= 11 is 6.95. The van der Waals surface area contributed by atoms with Crippen molar-refractivity contribution in [3.05, 3.63) is 32.7 Å². The highest BCUT2D eigenvalue weighted by Crippen LogP contribution is 2.32. The third-order valence-electron chi connectivity index (χ3n) is 3.42. The van der Waals surface area contributed by atoms with E-state index in [1.54, 1.807) is 0 Å². The minimum Gasteiger partial charge on any atom is -0.388 e. The van der Waals surface area contributed by atoms with Gasteiger partial charge in [0.1, 0.15) is 0 Å². The van der Waals surface area contributed by atoms with E-state index < -0.39 is 0 Å². The quantitative estimate of drug-likeness (QED) is 0.631. The molecule has 0 amide bonds. The first-order valence-electron chi connectivity index (χ1n) is 6.71. The van der Waals surface area contributed by atoms with Crippen LogP contribution in [0.15, 0.2) is 27.1 Å². The van der Waals surface area contributed by atoms with Crippen LogP contribution in [0.5, 0.6) is 0 Å². The first-order chi connectivity index (χ1) is 8.58. The number of aliphatic hydroxyl groups is 1. The average Bonchev–Trinajstić information content (AvgIpc) is 2.34. The first kappa shape index (κ1) is 16.2. The van der Waals surface area contributed by atoms with E-state index in [9.17, 15) is 5.11 Å². The summed E-state index contributed by atoms with van der Waals surface area (Å²) < 4.78 is 2.01. The number of rotatable bonds is 7. The Bertz CT molecular complexity index is 366. The molecule has 0 spiro atoms. The number of hydrogen-bond acceptors (Lipinski definition) is 1. The van der Waals surface area contributed by atoms with Gasteiger partial charge < -0.3 is 5.11 Å². The van der Waals surface area contributed by atoms with Crippen LogP contribution in [-0.2, 0) is 0 Å². The maximum atomic E-state index is 10.3. The van der Waals surface area contributed by atoms with Crippen molar-refractivity contribution in [2.24, 2.45) is 5.92 Å². The molecule has 0 saturated heterocycles. The van der Waals surface area contributed by atoms with Crippen molar-refractivity contribution in [2.45, 2.75) is 52.1 Å². The lowest BCUT2D eigenvalue weighted by Crippen LogP contribution is -2.07. The Labute approximate surface area is 127 Å². The zero-order valence-electron chi connectivity index (χ0n) is 11.1. The molecule has 0 fully saturated rings. The Morgan fingerprint density at radius 2 is 1.94 bits per heavy atom. The molecule has 1 N–H and O–H groups in total. The van der Waals surface area contributed by atoms with Crippen LogP contribution >= 0.6 is 31.9 Å². The molecule has 2 unspecified atom stereocenters. The predicted octanol–water partition coefficient (Wildman–Crippen LogP) is 5.85. The van der Waals surface area contributed by atoms with Crippen LogP contribution in [0.1, 0.15) is 57.6 Å². The number of hydrogen-bond donors (Lipinski definition) is 1. The van der Waals surface area contributed by atoms with Crippen LogP contribution in [0, 0.1) is 5.92 Å². The van der Waals surface area contributed by atoms with E-state index in [0.29, 0.717) is 5.92 Å². The summed E-state index contributed by atoms with van der Waals surface area (Å²) in [6, 6.07) is 5.97. The van der Waals surface area contributed by atoms with Crippen molar-refractivity contribution >= 4 is 31.9 Å². The van der Waals surface area contributed by atoms with Gasteiger partial charge in [-0.25, -0.2) is 0 Å². The SMILES string of the molecule is CCCCC(CC)CC(O)c1ccc(Br)cc1Br. The predicted molar refractivity (Wildman–Crippen MR) is 84.7 cm³/mol. The second kappa shape index (κ2) is 8.34. The molecule has 1 nitrogen and oxygen atoms in total. The highest BCUT2D eigenvalue weighted by molar-refractivity contribution is 9.11. The number of benzene rings is 1. The molecule has 3 heteroatoms. The van der Waals surface area contributed by atoms with Crippen LogP contribution in [0.25, 0.3) is 0 Å². The lowest BCUT2D eigenvalue weighted by atomic mass is 9.91. The maximum absolute atomic E-state index is 10.3. The van der Waals surface area contributed by atoms with E-state index in [2.05, 4.69) is 45.7 Å². The summed E-state index contributed by atoms with van der Waals surface area (Å²) in [4.78, 5) is 0. The van der Waals surface area contributed by atoms with Gasteiger partial charge in [0.15, 0.2) is 0 Å².